The van der Waals surface area contributed by atoms with E-state index in [-0.39, 0.29) is 0 Å². The SMILES string of the molecule is C=C[C](C=C)C(=C)C#N. The molecule has 0 unspecified atom stereocenters. The van der Waals surface area contributed by atoms with E-state index in [9.17, 15) is 0 Å². The van der Waals surface area contributed by atoms with Crippen molar-refractivity contribution in [2.75, 3.05) is 0 Å². The summed E-state index contributed by atoms with van der Waals surface area (Å²) >= 11 is 0. The smallest absolute Gasteiger partial charge is 0.0954 e. The molecule has 0 heterocycles. The third-order valence-electron chi connectivity index (χ3n) is 0.923. The molecule has 0 aliphatic rings. The van der Waals surface area contributed by atoms with Crippen LogP contribution in [0, 0.1) is 17.2 Å². The topological polar surface area (TPSA) is 23.8 Å². The van der Waals surface area contributed by atoms with Gasteiger partial charge in [0, 0.05) is 5.57 Å². The third kappa shape index (κ3) is 1.96. The lowest BCUT2D eigenvalue weighted by Crippen LogP contribution is -1.87. The molecule has 0 saturated heterocycles. The van der Waals surface area contributed by atoms with Crippen molar-refractivity contribution in [2.24, 2.45) is 0 Å². The molecule has 9 heavy (non-hydrogen) atoms. The van der Waals surface area contributed by atoms with E-state index < -0.39 is 0 Å². The summed E-state index contributed by atoms with van der Waals surface area (Å²) < 4.78 is 0. The van der Waals surface area contributed by atoms with Crippen LogP contribution in [0.15, 0.2) is 37.5 Å². The highest BCUT2D eigenvalue weighted by Gasteiger charge is 2.01. The highest BCUT2D eigenvalue weighted by Crippen LogP contribution is 2.11. The first-order chi connectivity index (χ1) is 4.26. The molecule has 0 aromatic heterocycles. The van der Waals surface area contributed by atoms with E-state index in [1.807, 2.05) is 6.07 Å². The quantitative estimate of drug-likeness (QED) is 0.520. The molecule has 1 radical (unpaired) electrons. The second kappa shape index (κ2) is 3.68. The van der Waals surface area contributed by atoms with Crippen molar-refractivity contribution in [3.8, 4) is 6.07 Å². The molecule has 0 fully saturated rings. The van der Waals surface area contributed by atoms with Gasteiger partial charge in [0.25, 0.3) is 0 Å². The van der Waals surface area contributed by atoms with Crippen molar-refractivity contribution >= 4 is 0 Å². The van der Waals surface area contributed by atoms with Gasteiger partial charge in [-0.15, -0.1) is 13.2 Å². The Kier molecular flexibility index (Phi) is 3.15. The summed E-state index contributed by atoms with van der Waals surface area (Å²) in [6.45, 7) is 10.4. The first-order valence-corrected chi connectivity index (χ1v) is 2.47. The Hall–Kier alpha value is -1.29. The monoisotopic (exact) mass is 118 g/mol. The number of rotatable bonds is 3. The maximum absolute atomic E-state index is 8.30. The summed E-state index contributed by atoms with van der Waals surface area (Å²) in [4.78, 5) is 0. The molecule has 0 saturated carbocycles. The van der Waals surface area contributed by atoms with Gasteiger partial charge in [-0.25, -0.2) is 0 Å². The van der Waals surface area contributed by atoms with E-state index in [0.29, 0.717) is 11.5 Å². The van der Waals surface area contributed by atoms with Crippen LogP contribution in [-0.2, 0) is 0 Å². The lowest BCUT2D eigenvalue weighted by molar-refractivity contribution is 1.38. The van der Waals surface area contributed by atoms with Gasteiger partial charge < -0.3 is 0 Å². The molecule has 0 spiro atoms. The summed E-state index contributed by atoms with van der Waals surface area (Å²) in [5.74, 6) is 0.692. The lowest BCUT2D eigenvalue weighted by Gasteiger charge is -1.98. The summed E-state index contributed by atoms with van der Waals surface area (Å²) in [5.41, 5.74) is 0.403. The predicted octanol–water partition coefficient (Wildman–Crippen LogP) is 2.01. The molecule has 1 nitrogen and oxygen atoms in total. The maximum Gasteiger partial charge on any atom is 0.0954 e. The van der Waals surface area contributed by atoms with Crippen molar-refractivity contribution in [2.45, 2.75) is 0 Å². The zero-order valence-corrected chi connectivity index (χ0v) is 5.22. The Bertz CT molecular complexity index is 163. The van der Waals surface area contributed by atoms with Crippen LogP contribution in [0.1, 0.15) is 0 Å². The molecule has 0 aliphatic heterocycles. The van der Waals surface area contributed by atoms with E-state index in [0.717, 1.165) is 0 Å². The van der Waals surface area contributed by atoms with Crippen molar-refractivity contribution in [1.29, 1.82) is 5.26 Å². The van der Waals surface area contributed by atoms with Gasteiger partial charge in [0.1, 0.15) is 0 Å². The van der Waals surface area contributed by atoms with Gasteiger partial charge >= 0.3 is 0 Å². The van der Waals surface area contributed by atoms with Crippen molar-refractivity contribution in [3.05, 3.63) is 43.4 Å². The summed E-state index contributed by atoms with van der Waals surface area (Å²) in [6, 6.07) is 1.89. The Labute approximate surface area is 55.6 Å². The molecule has 0 N–H and O–H groups in total. The molecule has 0 aliphatic carbocycles. The average molecular weight is 118 g/mol. The molecule has 0 atom stereocenters. The minimum Gasteiger partial charge on any atom is -0.193 e. The number of hydrogen-bond donors (Lipinski definition) is 0. The fraction of sp³-hybridized carbons (Fsp3) is 0. The largest absolute Gasteiger partial charge is 0.193 e. The molecular formula is C8H8N. The predicted molar refractivity (Wildman–Crippen MR) is 38.4 cm³/mol. The van der Waals surface area contributed by atoms with Crippen molar-refractivity contribution < 1.29 is 0 Å². The fourth-order valence-electron chi connectivity index (χ4n) is 0.394. The lowest BCUT2D eigenvalue weighted by atomic mass is 10.0. The number of hydrogen-bond acceptors (Lipinski definition) is 1. The molecule has 0 rings (SSSR count). The van der Waals surface area contributed by atoms with Crippen LogP contribution in [0.4, 0.5) is 0 Å². The molecule has 0 amide bonds. The third-order valence-corrected chi connectivity index (χ3v) is 0.923. The normalized spacial score (nSPS) is 8.00. The number of allylic oxidation sites excluding steroid dienone is 3. The summed E-state index contributed by atoms with van der Waals surface area (Å²) in [7, 11) is 0. The highest BCUT2D eigenvalue weighted by molar-refractivity contribution is 5.45. The van der Waals surface area contributed by atoms with Gasteiger partial charge in [0.15, 0.2) is 0 Å². The van der Waals surface area contributed by atoms with E-state index >= 15 is 0 Å². The van der Waals surface area contributed by atoms with Gasteiger partial charge in [-0.05, 0) is 0 Å². The number of nitriles is 1. The Morgan fingerprint density at radius 3 is 1.89 bits per heavy atom. The first kappa shape index (κ1) is 7.71. The van der Waals surface area contributed by atoms with Gasteiger partial charge in [-0.3, -0.25) is 0 Å². The maximum atomic E-state index is 8.30. The Morgan fingerprint density at radius 1 is 1.33 bits per heavy atom. The second-order valence-electron chi connectivity index (χ2n) is 1.45. The Balaban J connectivity index is 4.15. The molecule has 45 valence electrons. The van der Waals surface area contributed by atoms with Crippen LogP contribution in [-0.4, -0.2) is 0 Å². The van der Waals surface area contributed by atoms with Crippen LogP contribution in [0.2, 0.25) is 0 Å². The van der Waals surface area contributed by atoms with Crippen LogP contribution >= 0.6 is 0 Å². The molecule has 0 bridgehead atoms. The molecule has 0 aromatic carbocycles. The standard InChI is InChI=1S/C8H8N/c1-4-8(5-2)7(3)6-9/h4-5H,1-3H2. The van der Waals surface area contributed by atoms with Crippen LogP contribution in [0.5, 0.6) is 0 Å². The minimum atomic E-state index is 0.403. The zero-order valence-electron chi connectivity index (χ0n) is 5.22. The average Bonchev–Trinajstić information content (AvgIpc) is 1.90. The summed E-state index contributed by atoms with van der Waals surface area (Å²) in [5, 5.41) is 8.30. The summed E-state index contributed by atoms with van der Waals surface area (Å²) in [6.07, 6.45) is 3.11. The van der Waals surface area contributed by atoms with Crippen molar-refractivity contribution in [1.82, 2.24) is 0 Å². The Morgan fingerprint density at radius 2 is 1.78 bits per heavy atom. The van der Waals surface area contributed by atoms with Crippen molar-refractivity contribution in [3.63, 3.8) is 0 Å². The number of nitrogens with zero attached hydrogens (tertiary/aromatic N) is 1. The van der Waals surface area contributed by atoms with Gasteiger partial charge in [-0.1, -0.05) is 18.7 Å². The fourth-order valence-corrected chi connectivity index (χ4v) is 0.394. The van der Waals surface area contributed by atoms with Crippen LogP contribution in [0.25, 0.3) is 0 Å². The second-order valence-corrected chi connectivity index (χ2v) is 1.45. The highest BCUT2D eigenvalue weighted by atomic mass is 14.2. The molecule has 0 aromatic rings. The van der Waals surface area contributed by atoms with Gasteiger partial charge in [0.2, 0.25) is 0 Å². The van der Waals surface area contributed by atoms with Crippen LogP contribution in [0.3, 0.4) is 0 Å². The van der Waals surface area contributed by atoms with E-state index in [4.69, 9.17) is 5.26 Å². The van der Waals surface area contributed by atoms with E-state index in [2.05, 4.69) is 19.7 Å². The zero-order chi connectivity index (χ0) is 7.28. The first-order valence-electron chi connectivity index (χ1n) is 2.47. The minimum absolute atomic E-state index is 0.403. The van der Waals surface area contributed by atoms with Crippen LogP contribution < -0.4 is 0 Å². The molecular weight excluding hydrogens is 110 g/mol. The van der Waals surface area contributed by atoms with Gasteiger partial charge in [-0.2, -0.15) is 5.26 Å². The molecule has 1 heteroatoms. The van der Waals surface area contributed by atoms with Gasteiger partial charge in [0.05, 0.1) is 12.0 Å². The van der Waals surface area contributed by atoms with E-state index in [1.165, 1.54) is 0 Å². The van der Waals surface area contributed by atoms with E-state index in [1.54, 1.807) is 12.2 Å².